The van der Waals surface area contributed by atoms with Crippen LogP contribution in [-0.2, 0) is 13.6 Å². The molecule has 3 nitrogen and oxygen atoms in total. The summed E-state index contributed by atoms with van der Waals surface area (Å²) in [6, 6.07) is 0. The summed E-state index contributed by atoms with van der Waals surface area (Å²) < 4.78 is 22.7. The Bertz CT molecular complexity index is 707. The fourth-order valence-corrected chi connectivity index (χ4v) is 3.75. The quantitative estimate of drug-likeness (QED) is 0.142. The molecule has 0 rings (SSSR count). The molecular formula is C30H51O3P. The van der Waals surface area contributed by atoms with E-state index in [1.807, 2.05) is 12.2 Å². The fraction of sp³-hybridized carbons (Fsp3) is 0.600. The Balaban J connectivity index is 4.05. The van der Waals surface area contributed by atoms with Crippen LogP contribution in [0, 0.1) is 0 Å². The Kier molecular flexibility index (Phi) is 20.1. The van der Waals surface area contributed by atoms with Crippen LogP contribution in [-0.4, -0.2) is 13.2 Å². The third-order valence-corrected chi connectivity index (χ3v) is 6.32. The lowest BCUT2D eigenvalue weighted by Crippen LogP contribution is -1.89. The van der Waals surface area contributed by atoms with Gasteiger partial charge in [0.15, 0.2) is 0 Å². The Morgan fingerprint density at radius 3 is 1.12 bits per heavy atom. The first-order valence-electron chi connectivity index (χ1n) is 12.8. The van der Waals surface area contributed by atoms with Gasteiger partial charge in [-0.05, 0) is 107 Å². The summed E-state index contributed by atoms with van der Waals surface area (Å²) in [6.07, 6.45) is 21.7. The van der Waals surface area contributed by atoms with Crippen molar-refractivity contribution < 1.29 is 13.6 Å². The number of hydrogen-bond donors (Lipinski definition) is 0. The Morgan fingerprint density at radius 2 is 0.794 bits per heavy atom. The summed E-state index contributed by atoms with van der Waals surface area (Å²) in [6.45, 7) is 17.8. The van der Waals surface area contributed by atoms with Gasteiger partial charge in [-0.25, -0.2) is 0 Å². The van der Waals surface area contributed by atoms with Crippen molar-refractivity contribution in [1.82, 2.24) is 0 Å². The van der Waals surface area contributed by atoms with Gasteiger partial charge in [-0.3, -0.25) is 4.57 Å². The van der Waals surface area contributed by atoms with Gasteiger partial charge in [0.25, 0.3) is 0 Å². The third-order valence-electron chi connectivity index (χ3n) is 5.51. The molecule has 0 aliphatic heterocycles. The standard InChI is InChI=1S/C30H51O3P/c1-25(2)13-9-15-27(5)17-11-19-29(7)21-23-32-34(31)33-24-22-30(8)20-12-18-28(6)16-10-14-26(3)4/h13-14,17-18,21-22,34H,9-12,15-16,19-20,23-24H2,1-8H3. The van der Waals surface area contributed by atoms with E-state index in [9.17, 15) is 4.57 Å². The first-order valence-corrected chi connectivity index (χ1v) is 14.0. The van der Waals surface area contributed by atoms with Crippen LogP contribution in [0.3, 0.4) is 0 Å². The predicted octanol–water partition coefficient (Wildman–Crippen LogP) is 10.2. The lowest BCUT2D eigenvalue weighted by atomic mass is 10.1. The van der Waals surface area contributed by atoms with Crippen LogP contribution < -0.4 is 0 Å². The Morgan fingerprint density at radius 1 is 0.500 bits per heavy atom. The summed E-state index contributed by atoms with van der Waals surface area (Å²) in [5, 5.41) is 0. The first kappa shape index (κ1) is 32.6. The molecule has 0 saturated heterocycles. The molecule has 0 aliphatic carbocycles. The van der Waals surface area contributed by atoms with Gasteiger partial charge in [0.2, 0.25) is 0 Å². The fourth-order valence-electron chi connectivity index (χ4n) is 3.22. The van der Waals surface area contributed by atoms with Gasteiger partial charge in [-0.1, -0.05) is 69.9 Å². The average molecular weight is 491 g/mol. The molecule has 34 heavy (non-hydrogen) atoms. The second-order valence-corrected chi connectivity index (χ2v) is 10.9. The van der Waals surface area contributed by atoms with Crippen molar-refractivity contribution in [3.63, 3.8) is 0 Å². The Hall–Kier alpha value is -1.41. The summed E-state index contributed by atoms with van der Waals surface area (Å²) in [7, 11) is -2.46. The monoisotopic (exact) mass is 490 g/mol. The van der Waals surface area contributed by atoms with E-state index in [0.29, 0.717) is 13.2 Å². The van der Waals surface area contributed by atoms with E-state index in [4.69, 9.17) is 9.05 Å². The molecule has 0 amide bonds. The minimum absolute atomic E-state index is 0.340. The SMILES string of the molecule is CC(C)=CCCC(C)=CCCC(C)=CCO[PH](=O)OCC=C(C)CCC=C(C)CCC=C(C)C. The zero-order chi connectivity index (χ0) is 25.8. The van der Waals surface area contributed by atoms with Crippen LogP contribution in [0.5, 0.6) is 0 Å². The van der Waals surface area contributed by atoms with E-state index in [2.05, 4.69) is 79.7 Å². The summed E-state index contributed by atoms with van der Waals surface area (Å²) >= 11 is 0. The molecule has 0 radical (unpaired) electrons. The predicted molar refractivity (Wildman–Crippen MR) is 152 cm³/mol. The van der Waals surface area contributed by atoms with E-state index >= 15 is 0 Å². The molecule has 0 atom stereocenters. The van der Waals surface area contributed by atoms with Crippen molar-refractivity contribution in [1.29, 1.82) is 0 Å². The average Bonchev–Trinajstić information content (AvgIpc) is 2.73. The molecule has 0 heterocycles. The molecule has 0 bridgehead atoms. The van der Waals surface area contributed by atoms with Gasteiger partial charge < -0.3 is 9.05 Å². The first-order chi connectivity index (χ1) is 16.1. The van der Waals surface area contributed by atoms with Crippen LogP contribution >= 0.6 is 8.25 Å². The second-order valence-electron chi connectivity index (χ2n) is 9.79. The molecule has 0 aromatic rings. The molecule has 4 heteroatoms. The van der Waals surface area contributed by atoms with E-state index < -0.39 is 8.25 Å². The minimum atomic E-state index is -2.46. The molecule has 0 N–H and O–H groups in total. The number of rotatable bonds is 18. The maximum atomic E-state index is 12.0. The normalized spacial score (nSPS) is 14.2. The molecule has 0 spiro atoms. The van der Waals surface area contributed by atoms with Crippen molar-refractivity contribution in [2.45, 2.75) is 107 Å². The van der Waals surface area contributed by atoms with E-state index in [1.165, 1.54) is 33.4 Å². The smallest absolute Gasteiger partial charge is 0.306 e. The van der Waals surface area contributed by atoms with Crippen molar-refractivity contribution in [2.24, 2.45) is 0 Å². The summed E-state index contributed by atoms with van der Waals surface area (Å²) in [4.78, 5) is 0. The van der Waals surface area contributed by atoms with Gasteiger partial charge in [-0.2, -0.15) is 0 Å². The van der Waals surface area contributed by atoms with Gasteiger partial charge in [-0.15, -0.1) is 0 Å². The highest BCUT2D eigenvalue weighted by Crippen LogP contribution is 2.24. The largest absolute Gasteiger partial charge is 0.319 e. The van der Waals surface area contributed by atoms with Crippen LogP contribution in [0.4, 0.5) is 0 Å². The third kappa shape index (κ3) is 22.4. The summed E-state index contributed by atoms with van der Waals surface area (Å²) in [5.74, 6) is 0. The lowest BCUT2D eigenvalue weighted by molar-refractivity contribution is 0.260. The molecule has 0 aromatic carbocycles. The number of allylic oxidation sites excluding steroid dienone is 10. The molecule has 194 valence electrons. The zero-order valence-electron chi connectivity index (χ0n) is 23.3. The van der Waals surface area contributed by atoms with Crippen LogP contribution in [0.2, 0.25) is 0 Å². The van der Waals surface area contributed by atoms with Gasteiger partial charge in [0, 0.05) is 0 Å². The number of hydrogen-bond acceptors (Lipinski definition) is 3. The van der Waals surface area contributed by atoms with Crippen LogP contribution in [0.15, 0.2) is 69.9 Å². The van der Waals surface area contributed by atoms with Crippen LogP contribution in [0.1, 0.15) is 107 Å². The molecular weight excluding hydrogens is 439 g/mol. The second kappa shape index (κ2) is 20.9. The molecule has 0 fully saturated rings. The Labute approximate surface area is 211 Å². The van der Waals surface area contributed by atoms with Gasteiger partial charge >= 0.3 is 8.25 Å². The molecule has 0 unspecified atom stereocenters. The minimum Gasteiger partial charge on any atom is -0.306 e. The maximum absolute atomic E-state index is 12.0. The lowest BCUT2D eigenvalue weighted by Gasteiger charge is -2.05. The van der Waals surface area contributed by atoms with Crippen LogP contribution in [0.25, 0.3) is 0 Å². The highest BCUT2D eigenvalue weighted by atomic mass is 31.1. The topological polar surface area (TPSA) is 35.5 Å². The van der Waals surface area contributed by atoms with Gasteiger partial charge in [0.1, 0.15) is 0 Å². The summed E-state index contributed by atoms with van der Waals surface area (Å²) in [5.41, 5.74) is 8.14. The van der Waals surface area contributed by atoms with Crippen molar-refractivity contribution >= 4 is 8.25 Å². The molecule has 0 aliphatic rings. The highest BCUT2D eigenvalue weighted by molar-refractivity contribution is 7.33. The maximum Gasteiger partial charge on any atom is 0.319 e. The van der Waals surface area contributed by atoms with E-state index in [0.717, 1.165) is 51.4 Å². The van der Waals surface area contributed by atoms with Crippen molar-refractivity contribution in [2.75, 3.05) is 13.2 Å². The molecule has 0 aromatic heterocycles. The van der Waals surface area contributed by atoms with Crippen molar-refractivity contribution in [3.05, 3.63) is 69.9 Å². The zero-order valence-corrected chi connectivity index (χ0v) is 24.3. The van der Waals surface area contributed by atoms with Gasteiger partial charge in [0.05, 0.1) is 13.2 Å². The van der Waals surface area contributed by atoms with E-state index in [1.54, 1.807) is 0 Å². The highest BCUT2D eigenvalue weighted by Gasteiger charge is 1.99. The molecule has 0 saturated carbocycles. The van der Waals surface area contributed by atoms with E-state index in [-0.39, 0.29) is 0 Å². The van der Waals surface area contributed by atoms with Crippen molar-refractivity contribution in [3.8, 4) is 0 Å².